The Labute approximate surface area is 138 Å². The van der Waals surface area contributed by atoms with Gasteiger partial charge in [-0.25, -0.2) is 0 Å². The van der Waals surface area contributed by atoms with Gasteiger partial charge < -0.3 is 14.7 Å². The van der Waals surface area contributed by atoms with E-state index in [9.17, 15) is 4.79 Å². The molecule has 0 atom stereocenters. The Morgan fingerprint density at radius 2 is 2.00 bits per heavy atom. The van der Waals surface area contributed by atoms with Crippen LogP contribution in [-0.4, -0.2) is 42.1 Å². The molecule has 0 aromatic carbocycles. The van der Waals surface area contributed by atoms with E-state index in [1.807, 2.05) is 4.90 Å². The van der Waals surface area contributed by atoms with Crippen LogP contribution in [0.5, 0.6) is 0 Å². The van der Waals surface area contributed by atoms with Crippen LogP contribution in [-0.2, 0) is 5.41 Å². The quantitative estimate of drug-likeness (QED) is 0.861. The predicted molar refractivity (Wildman–Crippen MR) is 87.5 cm³/mol. The zero-order valence-electron chi connectivity index (χ0n) is 13.6. The number of carbonyl (C=O) groups excluding carboxylic acids is 1. The van der Waals surface area contributed by atoms with Crippen molar-refractivity contribution in [2.24, 2.45) is 5.41 Å². The molecular weight excluding hydrogens is 302 g/mol. The van der Waals surface area contributed by atoms with Crippen molar-refractivity contribution in [3.8, 4) is 0 Å². The fraction of sp³-hybridized carbons (Fsp3) is 0.750. The first-order chi connectivity index (χ1) is 9.90. The maximum Gasteiger partial charge on any atom is 0.276 e. The van der Waals surface area contributed by atoms with Crippen molar-refractivity contribution in [1.82, 2.24) is 15.4 Å². The Hall–Kier alpha value is -1.07. The van der Waals surface area contributed by atoms with Crippen LogP contribution in [0.4, 0.5) is 0 Å². The first-order valence-electron chi connectivity index (χ1n) is 7.87. The number of nitrogens with one attached hydrogen (secondary N) is 1. The lowest BCUT2D eigenvalue weighted by molar-refractivity contribution is 0.0597. The molecular formula is C16H26ClN3O2. The van der Waals surface area contributed by atoms with Gasteiger partial charge >= 0.3 is 0 Å². The van der Waals surface area contributed by atoms with E-state index in [1.54, 1.807) is 6.07 Å². The zero-order valence-corrected chi connectivity index (χ0v) is 14.5. The second kappa shape index (κ2) is 6.20. The van der Waals surface area contributed by atoms with Gasteiger partial charge in [0.2, 0.25) is 0 Å². The number of aromatic nitrogens is 1. The summed E-state index contributed by atoms with van der Waals surface area (Å²) < 4.78 is 5.33. The van der Waals surface area contributed by atoms with Crippen molar-refractivity contribution in [3.05, 3.63) is 17.5 Å². The number of hydrogen-bond donors (Lipinski definition) is 1. The van der Waals surface area contributed by atoms with Crippen LogP contribution < -0.4 is 5.32 Å². The highest BCUT2D eigenvalue weighted by atomic mass is 35.5. The van der Waals surface area contributed by atoms with E-state index in [-0.39, 0.29) is 23.7 Å². The molecule has 1 aromatic rings. The Bertz CT molecular complexity index is 520. The van der Waals surface area contributed by atoms with Crippen molar-refractivity contribution < 1.29 is 9.32 Å². The number of amides is 1. The second-order valence-electron chi connectivity index (χ2n) is 7.55. The molecule has 2 fully saturated rings. The molecule has 0 unspecified atom stereocenters. The van der Waals surface area contributed by atoms with Crippen LogP contribution in [0.1, 0.15) is 56.3 Å². The lowest BCUT2D eigenvalue weighted by Gasteiger charge is -2.38. The highest BCUT2D eigenvalue weighted by Crippen LogP contribution is 2.37. The van der Waals surface area contributed by atoms with Crippen LogP contribution in [0.15, 0.2) is 10.6 Å². The first kappa shape index (κ1) is 17.3. The summed E-state index contributed by atoms with van der Waals surface area (Å²) in [4.78, 5) is 14.5. The molecule has 2 aliphatic heterocycles. The van der Waals surface area contributed by atoms with Crippen molar-refractivity contribution in [2.75, 3.05) is 26.2 Å². The summed E-state index contributed by atoms with van der Waals surface area (Å²) in [5.74, 6) is 0.773. The number of halogens is 1. The minimum atomic E-state index is -0.118. The smallest absolute Gasteiger partial charge is 0.276 e. The van der Waals surface area contributed by atoms with Crippen LogP contribution in [0, 0.1) is 5.41 Å². The molecule has 3 heterocycles. The summed E-state index contributed by atoms with van der Waals surface area (Å²) in [5.41, 5.74) is 0.755. The molecule has 0 saturated carbocycles. The summed E-state index contributed by atoms with van der Waals surface area (Å²) in [6.45, 7) is 10.0. The topological polar surface area (TPSA) is 58.4 Å². The standard InChI is InChI=1S/C16H25N3O2.ClH/c1-15(2,3)13-10-12(18-21-13)14(20)19-8-5-16(6-9-19)4-7-17-11-16;/h10,17H,4-9,11H2,1-3H3;1H. The van der Waals surface area contributed by atoms with Gasteiger partial charge in [-0.15, -0.1) is 12.4 Å². The molecule has 1 spiro atoms. The summed E-state index contributed by atoms with van der Waals surface area (Å²) >= 11 is 0. The fourth-order valence-electron chi connectivity index (χ4n) is 3.30. The molecule has 22 heavy (non-hydrogen) atoms. The lowest BCUT2D eigenvalue weighted by atomic mass is 9.78. The Morgan fingerprint density at radius 1 is 1.32 bits per heavy atom. The third kappa shape index (κ3) is 3.30. The molecule has 1 N–H and O–H groups in total. The summed E-state index contributed by atoms with van der Waals surface area (Å²) in [7, 11) is 0. The van der Waals surface area contributed by atoms with Crippen molar-refractivity contribution in [2.45, 2.75) is 45.4 Å². The minimum absolute atomic E-state index is 0. The maximum absolute atomic E-state index is 12.5. The molecule has 2 aliphatic rings. The van der Waals surface area contributed by atoms with Gasteiger partial charge in [0.05, 0.1) is 0 Å². The van der Waals surface area contributed by atoms with E-state index in [1.165, 1.54) is 6.42 Å². The Morgan fingerprint density at radius 3 is 2.50 bits per heavy atom. The highest BCUT2D eigenvalue weighted by molar-refractivity contribution is 5.92. The van der Waals surface area contributed by atoms with E-state index >= 15 is 0 Å². The van der Waals surface area contributed by atoms with Gasteiger partial charge in [0, 0.05) is 31.1 Å². The third-order valence-corrected chi connectivity index (χ3v) is 4.91. The summed E-state index contributed by atoms with van der Waals surface area (Å²) in [6.07, 6.45) is 3.43. The number of hydrogen-bond acceptors (Lipinski definition) is 4. The SMILES string of the molecule is CC(C)(C)c1cc(C(=O)N2CCC3(CCNC3)CC2)no1.Cl. The molecule has 0 aliphatic carbocycles. The molecule has 1 aromatic heterocycles. The Balaban J connectivity index is 0.00000176. The number of nitrogens with zero attached hydrogens (tertiary/aromatic N) is 2. The second-order valence-corrected chi connectivity index (χ2v) is 7.55. The summed E-state index contributed by atoms with van der Waals surface area (Å²) in [6, 6.07) is 1.80. The van der Waals surface area contributed by atoms with E-state index in [0.29, 0.717) is 11.1 Å². The minimum Gasteiger partial charge on any atom is -0.360 e. The predicted octanol–water partition coefficient (Wildman–Crippen LogP) is 2.61. The van der Waals surface area contributed by atoms with Crippen LogP contribution >= 0.6 is 12.4 Å². The van der Waals surface area contributed by atoms with Gasteiger partial charge in [0.1, 0.15) is 5.76 Å². The zero-order chi connectivity index (χ0) is 15.1. The molecule has 6 heteroatoms. The molecule has 2 saturated heterocycles. The number of piperidine rings is 1. The average molecular weight is 328 g/mol. The van der Waals surface area contributed by atoms with Crippen LogP contribution in [0.2, 0.25) is 0 Å². The van der Waals surface area contributed by atoms with Gasteiger partial charge in [-0.1, -0.05) is 25.9 Å². The van der Waals surface area contributed by atoms with Gasteiger partial charge in [-0.2, -0.15) is 0 Å². The lowest BCUT2D eigenvalue weighted by Crippen LogP contribution is -2.44. The van der Waals surface area contributed by atoms with Gasteiger partial charge in [-0.3, -0.25) is 4.79 Å². The maximum atomic E-state index is 12.5. The molecule has 3 rings (SSSR count). The van der Waals surface area contributed by atoms with Crippen molar-refractivity contribution in [3.63, 3.8) is 0 Å². The average Bonchev–Trinajstić information content (AvgIpc) is 3.08. The molecule has 0 radical (unpaired) electrons. The van der Waals surface area contributed by atoms with E-state index in [2.05, 4.69) is 31.2 Å². The number of carbonyl (C=O) groups is 1. The van der Waals surface area contributed by atoms with Crippen molar-refractivity contribution in [1.29, 1.82) is 0 Å². The van der Waals surface area contributed by atoms with Crippen molar-refractivity contribution >= 4 is 18.3 Å². The normalized spacial score (nSPS) is 21.0. The first-order valence-corrected chi connectivity index (χ1v) is 7.87. The van der Waals surface area contributed by atoms with Gasteiger partial charge in [0.15, 0.2) is 5.69 Å². The largest absolute Gasteiger partial charge is 0.360 e. The van der Waals surface area contributed by atoms with E-state index < -0.39 is 0 Å². The van der Waals surface area contributed by atoms with E-state index in [4.69, 9.17) is 4.52 Å². The van der Waals surface area contributed by atoms with Crippen LogP contribution in [0.3, 0.4) is 0 Å². The highest BCUT2D eigenvalue weighted by Gasteiger charge is 2.38. The van der Waals surface area contributed by atoms with Crippen LogP contribution in [0.25, 0.3) is 0 Å². The summed E-state index contributed by atoms with van der Waals surface area (Å²) in [5, 5.41) is 7.42. The molecule has 1 amide bonds. The fourth-order valence-corrected chi connectivity index (χ4v) is 3.30. The number of likely N-dealkylation sites (tertiary alicyclic amines) is 1. The van der Waals surface area contributed by atoms with Gasteiger partial charge in [-0.05, 0) is 31.2 Å². The van der Waals surface area contributed by atoms with E-state index in [0.717, 1.165) is 44.8 Å². The molecule has 5 nitrogen and oxygen atoms in total. The molecule has 0 bridgehead atoms. The van der Waals surface area contributed by atoms with Gasteiger partial charge in [0.25, 0.3) is 5.91 Å². The monoisotopic (exact) mass is 327 g/mol. The Kier molecular flexibility index (Phi) is 4.87. The third-order valence-electron chi connectivity index (χ3n) is 4.91. The number of rotatable bonds is 1. The molecule has 124 valence electrons.